The van der Waals surface area contributed by atoms with Crippen molar-refractivity contribution in [3.05, 3.63) is 28.8 Å². The summed E-state index contributed by atoms with van der Waals surface area (Å²) >= 11 is 0. The van der Waals surface area contributed by atoms with Gasteiger partial charge < -0.3 is 19.6 Å². The first-order valence-electron chi connectivity index (χ1n) is 10.7. The summed E-state index contributed by atoms with van der Waals surface area (Å²) in [5.41, 5.74) is 1.78. The zero-order chi connectivity index (χ0) is 24.5. The molecule has 0 heterocycles. The molecule has 0 atom stereocenters. The molecule has 1 N–H and O–H groups in total. The molecule has 0 aliphatic carbocycles. The molecule has 0 fully saturated rings. The molecule has 1 aromatic rings. The third kappa shape index (κ3) is 8.99. The van der Waals surface area contributed by atoms with Gasteiger partial charge in [-0.3, -0.25) is 9.59 Å². The fourth-order valence-electron chi connectivity index (χ4n) is 3.06. The van der Waals surface area contributed by atoms with Gasteiger partial charge in [0, 0.05) is 26.2 Å². The number of ether oxygens (including phenoxy) is 1. The molecule has 1 aromatic carbocycles. The molecule has 0 unspecified atom stereocenters. The van der Waals surface area contributed by atoms with Crippen LogP contribution in [0.5, 0.6) is 5.75 Å². The Hall–Kier alpha value is -2.57. The molecule has 1 rings (SSSR count). The monoisotopic (exact) mass is 436 g/mol. The van der Waals surface area contributed by atoms with Crippen LogP contribution in [0.2, 0.25) is 0 Å². The molecule has 2 amide bonds. The lowest BCUT2D eigenvalue weighted by Crippen LogP contribution is -2.44. The summed E-state index contributed by atoms with van der Waals surface area (Å²) in [6.45, 7) is 15.3. The van der Waals surface area contributed by atoms with E-state index >= 15 is 0 Å². The van der Waals surface area contributed by atoms with Crippen molar-refractivity contribution in [1.29, 1.82) is 0 Å². The maximum Gasteiger partial charge on any atom is 0.342 e. The number of carbonyl (C=O) groups excluding carboxylic acids is 3. The zero-order valence-electron chi connectivity index (χ0n) is 20.7. The van der Waals surface area contributed by atoms with Crippen molar-refractivity contribution in [3.63, 3.8) is 0 Å². The first-order chi connectivity index (χ1) is 14.2. The Kier molecular flexibility index (Phi) is 11.9. The number of benzene rings is 1. The van der Waals surface area contributed by atoms with E-state index in [4.69, 9.17) is 4.74 Å². The van der Waals surface area contributed by atoms with Gasteiger partial charge in [-0.15, -0.1) is 0 Å². The van der Waals surface area contributed by atoms with E-state index in [1.807, 2.05) is 61.5 Å². The Labute approximate surface area is 187 Å². The molecular weight excluding hydrogens is 396 g/mol. The third-order valence-electron chi connectivity index (χ3n) is 4.61. The van der Waals surface area contributed by atoms with Gasteiger partial charge in [-0.2, -0.15) is 0 Å². The molecule has 0 saturated carbocycles. The Bertz CT molecular complexity index is 732. The average Bonchev–Trinajstić information content (AvgIpc) is 2.65. The number of phenols is 1. The van der Waals surface area contributed by atoms with Gasteiger partial charge in [0.2, 0.25) is 6.41 Å². The van der Waals surface area contributed by atoms with E-state index in [-0.39, 0.29) is 47.7 Å². The van der Waals surface area contributed by atoms with Crippen molar-refractivity contribution in [2.24, 2.45) is 0 Å². The van der Waals surface area contributed by atoms with Gasteiger partial charge in [-0.25, -0.2) is 4.79 Å². The summed E-state index contributed by atoms with van der Waals surface area (Å²) in [6.07, 6.45) is 0.750. The van der Waals surface area contributed by atoms with E-state index in [2.05, 4.69) is 0 Å². The van der Waals surface area contributed by atoms with Crippen LogP contribution in [-0.4, -0.2) is 66.0 Å². The summed E-state index contributed by atoms with van der Waals surface area (Å²) in [4.78, 5) is 37.5. The van der Waals surface area contributed by atoms with Crippen LogP contribution in [0, 0.1) is 0 Å². The van der Waals surface area contributed by atoms with Crippen LogP contribution >= 0.6 is 0 Å². The normalized spacial score (nSPS) is 10.8. The van der Waals surface area contributed by atoms with E-state index < -0.39 is 5.97 Å². The third-order valence-corrected chi connectivity index (χ3v) is 4.61. The van der Waals surface area contributed by atoms with Crippen LogP contribution in [0.4, 0.5) is 0 Å². The highest BCUT2D eigenvalue weighted by molar-refractivity contribution is 5.94. The molecule has 0 radical (unpaired) electrons. The SMILES string of the molecule is CC(C)c1cc(C(=O)OCC(=O)N(C(C)C)C(C)C)c(O)c(C(C)C)c1.CN(C)C=O. The highest BCUT2D eigenvalue weighted by Crippen LogP contribution is 2.33. The fourth-order valence-corrected chi connectivity index (χ4v) is 3.06. The Balaban J connectivity index is 0.00000161. The van der Waals surface area contributed by atoms with Gasteiger partial charge in [0.15, 0.2) is 6.61 Å². The highest BCUT2D eigenvalue weighted by Gasteiger charge is 2.24. The van der Waals surface area contributed by atoms with E-state index in [9.17, 15) is 19.5 Å². The number of carbonyl (C=O) groups is 3. The Morgan fingerprint density at radius 3 is 1.81 bits per heavy atom. The van der Waals surface area contributed by atoms with Crippen molar-refractivity contribution in [2.75, 3.05) is 20.7 Å². The van der Waals surface area contributed by atoms with Crippen LogP contribution in [0.25, 0.3) is 0 Å². The number of rotatable bonds is 8. The van der Waals surface area contributed by atoms with E-state index in [0.717, 1.165) is 12.0 Å². The molecule has 0 spiro atoms. The van der Waals surface area contributed by atoms with Gasteiger partial charge in [-0.1, -0.05) is 33.8 Å². The summed E-state index contributed by atoms with van der Waals surface area (Å²) < 4.78 is 5.23. The Morgan fingerprint density at radius 1 is 0.968 bits per heavy atom. The molecule has 0 aromatic heterocycles. The second kappa shape index (κ2) is 13.0. The first kappa shape index (κ1) is 28.4. The number of amides is 2. The number of esters is 1. The molecule has 7 heteroatoms. The fraction of sp³-hybridized carbons (Fsp3) is 0.625. The minimum atomic E-state index is -0.673. The quantitative estimate of drug-likeness (QED) is 0.489. The molecule has 0 saturated heterocycles. The van der Waals surface area contributed by atoms with Crippen LogP contribution < -0.4 is 0 Å². The molecule has 31 heavy (non-hydrogen) atoms. The molecule has 176 valence electrons. The lowest BCUT2D eigenvalue weighted by molar-refractivity contribution is -0.138. The van der Waals surface area contributed by atoms with Crippen molar-refractivity contribution >= 4 is 18.3 Å². The van der Waals surface area contributed by atoms with Crippen LogP contribution in [0.15, 0.2) is 12.1 Å². The van der Waals surface area contributed by atoms with Gasteiger partial charge in [0.1, 0.15) is 11.3 Å². The molecule has 7 nitrogen and oxygen atoms in total. The largest absolute Gasteiger partial charge is 0.507 e. The van der Waals surface area contributed by atoms with Crippen LogP contribution in [0.1, 0.15) is 88.7 Å². The maximum atomic E-state index is 12.5. The molecular formula is C24H40N2O5. The smallest absolute Gasteiger partial charge is 0.342 e. The van der Waals surface area contributed by atoms with Gasteiger partial charge in [0.05, 0.1) is 0 Å². The minimum absolute atomic E-state index is 0.0198. The van der Waals surface area contributed by atoms with E-state index in [1.54, 1.807) is 25.1 Å². The summed E-state index contributed by atoms with van der Waals surface area (Å²) in [5, 5.41) is 10.5. The predicted octanol–water partition coefficient (Wildman–Crippen LogP) is 4.15. The maximum absolute atomic E-state index is 12.5. The van der Waals surface area contributed by atoms with Gasteiger partial charge in [0.25, 0.3) is 5.91 Å². The molecule has 0 aliphatic heterocycles. The highest BCUT2D eigenvalue weighted by atomic mass is 16.5. The lowest BCUT2D eigenvalue weighted by Gasteiger charge is -2.30. The number of aromatic hydroxyl groups is 1. The number of hydrogen-bond donors (Lipinski definition) is 1. The van der Waals surface area contributed by atoms with Gasteiger partial charge >= 0.3 is 5.97 Å². The minimum Gasteiger partial charge on any atom is -0.507 e. The van der Waals surface area contributed by atoms with Crippen molar-refractivity contribution in [2.45, 2.75) is 79.3 Å². The Morgan fingerprint density at radius 2 is 1.45 bits per heavy atom. The standard InChI is InChI=1S/C21H33NO4.C3H7NO/c1-12(2)16-9-17(13(3)4)20(24)18(10-16)21(25)26-11-19(23)22(14(5)6)15(7)8;1-4(2)3-5/h9-10,12-15,24H,11H2,1-8H3;3H,1-2H3. The number of hydrogen-bond acceptors (Lipinski definition) is 5. The second-order valence-corrected chi connectivity index (χ2v) is 8.95. The van der Waals surface area contributed by atoms with Gasteiger partial charge in [-0.05, 0) is 56.7 Å². The molecule has 0 aliphatic rings. The van der Waals surface area contributed by atoms with E-state index in [0.29, 0.717) is 5.56 Å². The predicted molar refractivity (Wildman–Crippen MR) is 123 cm³/mol. The van der Waals surface area contributed by atoms with Crippen molar-refractivity contribution in [1.82, 2.24) is 9.80 Å². The molecule has 0 bridgehead atoms. The van der Waals surface area contributed by atoms with Crippen LogP contribution in [-0.2, 0) is 14.3 Å². The zero-order valence-corrected chi connectivity index (χ0v) is 20.7. The lowest BCUT2D eigenvalue weighted by atomic mass is 9.92. The number of nitrogens with zero attached hydrogens (tertiary/aromatic N) is 2. The van der Waals surface area contributed by atoms with E-state index in [1.165, 1.54) is 4.90 Å². The topological polar surface area (TPSA) is 87.2 Å². The number of phenolic OH excluding ortho intramolecular Hbond substituents is 1. The first-order valence-corrected chi connectivity index (χ1v) is 10.7. The van der Waals surface area contributed by atoms with Crippen molar-refractivity contribution < 1.29 is 24.2 Å². The summed E-state index contributed by atoms with van der Waals surface area (Å²) in [6, 6.07) is 3.62. The summed E-state index contributed by atoms with van der Waals surface area (Å²) in [7, 11) is 3.38. The van der Waals surface area contributed by atoms with Crippen LogP contribution in [0.3, 0.4) is 0 Å². The summed E-state index contributed by atoms with van der Waals surface area (Å²) in [5.74, 6) is -0.705. The van der Waals surface area contributed by atoms with Crippen molar-refractivity contribution in [3.8, 4) is 5.75 Å². The average molecular weight is 437 g/mol. The second-order valence-electron chi connectivity index (χ2n) is 8.95.